The summed E-state index contributed by atoms with van der Waals surface area (Å²) in [5.41, 5.74) is 1.37. The predicted molar refractivity (Wildman–Crippen MR) is 61.2 cm³/mol. The molecule has 0 spiro atoms. The molecule has 0 fully saturated rings. The van der Waals surface area contributed by atoms with E-state index in [4.69, 9.17) is 4.52 Å². The Morgan fingerprint density at radius 2 is 2.50 bits per heavy atom. The van der Waals surface area contributed by atoms with Crippen molar-refractivity contribution < 1.29 is 4.52 Å². The Hall–Kier alpha value is -0.390. The Balaban J connectivity index is 2.22. The zero-order valence-electron chi connectivity index (χ0n) is 7.44. The molecule has 1 aliphatic heterocycles. The van der Waals surface area contributed by atoms with Gasteiger partial charge in [0.2, 0.25) is 0 Å². The maximum absolute atomic E-state index is 5.38. The first kappa shape index (κ1) is 8.88. The maximum atomic E-state index is 5.38. The van der Waals surface area contributed by atoms with Gasteiger partial charge >= 0.3 is 0 Å². The molecular formula is C9H7NOS3. The third-order valence-electron chi connectivity index (χ3n) is 2.14. The van der Waals surface area contributed by atoms with Gasteiger partial charge in [-0.25, -0.2) is 0 Å². The lowest BCUT2D eigenvalue weighted by Crippen LogP contribution is -1.88. The molecule has 14 heavy (non-hydrogen) atoms. The van der Waals surface area contributed by atoms with Gasteiger partial charge in [0.1, 0.15) is 0 Å². The van der Waals surface area contributed by atoms with Crippen LogP contribution in [0.2, 0.25) is 0 Å². The van der Waals surface area contributed by atoms with Crippen LogP contribution in [0.5, 0.6) is 0 Å². The molecule has 0 amide bonds. The van der Waals surface area contributed by atoms with E-state index in [0.29, 0.717) is 0 Å². The molecule has 3 heterocycles. The highest BCUT2D eigenvalue weighted by Gasteiger charge is 2.25. The normalized spacial score (nSPS) is 13.8. The quantitative estimate of drug-likeness (QED) is 0.711. The van der Waals surface area contributed by atoms with E-state index < -0.39 is 0 Å². The number of hydrogen-bond acceptors (Lipinski definition) is 5. The molecule has 0 unspecified atom stereocenters. The Kier molecular flexibility index (Phi) is 2.11. The molecule has 0 N–H and O–H groups in total. The monoisotopic (exact) mass is 241 g/mol. The predicted octanol–water partition coefficient (Wildman–Crippen LogP) is 3.73. The lowest BCUT2D eigenvalue weighted by atomic mass is 10.2. The van der Waals surface area contributed by atoms with Crippen molar-refractivity contribution in [1.29, 1.82) is 0 Å². The average molecular weight is 241 g/mol. The molecule has 1 aliphatic rings. The molecule has 2 aromatic heterocycles. The highest BCUT2D eigenvalue weighted by atomic mass is 32.2. The highest BCUT2D eigenvalue weighted by molar-refractivity contribution is 8.01. The van der Waals surface area contributed by atoms with Crippen molar-refractivity contribution in [3.05, 3.63) is 17.0 Å². The average Bonchev–Trinajstić information content (AvgIpc) is 2.82. The molecule has 0 aromatic carbocycles. The van der Waals surface area contributed by atoms with Gasteiger partial charge in [-0.2, -0.15) is 0 Å². The fraction of sp³-hybridized carbons (Fsp3) is 0.222. The van der Waals surface area contributed by atoms with E-state index in [-0.39, 0.29) is 0 Å². The zero-order valence-corrected chi connectivity index (χ0v) is 9.89. The summed E-state index contributed by atoms with van der Waals surface area (Å²) in [6, 6.07) is 2.16. The largest absolute Gasteiger partial charge is 0.353 e. The smallest absolute Gasteiger partial charge is 0.191 e. The molecule has 0 bridgehead atoms. The third-order valence-corrected chi connectivity index (χ3v) is 5.01. The molecule has 2 nitrogen and oxygen atoms in total. The van der Waals surface area contributed by atoms with Gasteiger partial charge in [0.05, 0.1) is 9.77 Å². The summed E-state index contributed by atoms with van der Waals surface area (Å²) in [5, 5.41) is 7.20. The van der Waals surface area contributed by atoms with E-state index in [1.807, 2.05) is 18.0 Å². The van der Waals surface area contributed by atoms with Crippen LogP contribution in [-0.2, 0) is 5.75 Å². The molecule has 0 radical (unpaired) electrons. The van der Waals surface area contributed by atoms with Crippen LogP contribution in [-0.4, -0.2) is 11.4 Å². The van der Waals surface area contributed by atoms with Gasteiger partial charge in [-0.05, 0) is 23.3 Å². The second-order valence-electron chi connectivity index (χ2n) is 2.91. The fourth-order valence-corrected chi connectivity index (χ4v) is 4.32. The summed E-state index contributed by atoms with van der Waals surface area (Å²) in [6.45, 7) is 0. The molecule has 72 valence electrons. The molecule has 0 aliphatic carbocycles. The van der Waals surface area contributed by atoms with Gasteiger partial charge in [-0.1, -0.05) is 5.16 Å². The Bertz CT molecular complexity index is 474. The second-order valence-corrected chi connectivity index (χ2v) is 5.61. The second kappa shape index (κ2) is 3.32. The standard InChI is InChI=1S/C9H7NOS3/c1-12-9-8-6(11-10-9)7-5(4-14-8)2-3-13-7/h2-3H,4H2,1H3. The van der Waals surface area contributed by atoms with Crippen molar-refractivity contribution in [1.82, 2.24) is 5.16 Å². The number of rotatable bonds is 1. The Morgan fingerprint density at radius 3 is 3.36 bits per heavy atom. The van der Waals surface area contributed by atoms with E-state index in [1.54, 1.807) is 23.1 Å². The van der Waals surface area contributed by atoms with Gasteiger partial charge in [0, 0.05) is 5.75 Å². The minimum atomic E-state index is 0.968. The van der Waals surface area contributed by atoms with Gasteiger partial charge in [0.25, 0.3) is 0 Å². The number of hydrogen-bond donors (Lipinski definition) is 0. The van der Waals surface area contributed by atoms with E-state index in [9.17, 15) is 0 Å². The lowest BCUT2D eigenvalue weighted by molar-refractivity contribution is 0.416. The van der Waals surface area contributed by atoms with Gasteiger partial charge in [-0.15, -0.1) is 34.9 Å². The van der Waals surface area contributed by atoms with Gasteiger partial charge < -0.3 is 4.52 Å². The van der Waals surface area contributed by atoms with Crippen molar-refractivity contribution in [2.24, 2.45) is 0 Å². The summed E-state index contributed by atoms with van der Waals surface area (Å²) >= 11 is 5.21. The van der Waals surface area contributed by atoms with Gasteiger partial charge in [0.15, 0.2) is 10.8 Å². The van der Waals surface area contributed by atoms with Crippen LogP contribution in [0.1, 0.15) is 5.56 Å². The van der Waals surface area contributed by atoms with E-state index >= 15 is 0 Å². The highest BCUT2D eigenvalue weighted by Crippen LogP contribution is 2.47. The van der Waals surface area contributed by atoms with E-state index in [0.717, 1.165) is 16.5 Å². The van der Waals surface area contributed by atoms with Crippen LogP contribution in [0.4, 0.5) is 0 Å². The first-order chi connectivity index (χ1) is 6.90. The van der Waals surface area contributed by atoms with Crippen LogP contribution in [0, 0.1) is 0 Å². The van der Waals surface area contributed by atoms with Crippen molar-refractivity contribution >= 4 is 34.9 Å². The first-order valence-electron chi connectivity index (χ1n) is 4.13. The summed E-state index contributed by atoms with van der Waals surface area (Å²) in [6.07, 6.45) is 2.03. The molecule has 0 atom stereocenters. The summed E-state index contributed by atoms with van der Waals surface area (Å²) in [7, 11) is 0. The summed E-state index contributed by atoms with van der Waals surface area (Å²) < 4.78 is 5.38. The molecule has 0 saturated carbocycles. The zero-order chi connectivity index (χ0) is 9.54. The van der Waals surface area contributed by atoms with Crippen LogP contribution in [0.15, 0.2) is 25.9 Å². The molecule has 0 saturated heterocycles. The van der Waals surface area contributed by atoms with E-state index in [1.165, 1.54) is 15.3 Å². The minimum Gasteiger partial charge on any atom is -0.353 e. The maximum Gasteiger partial charge on any atom is 0.191 e. The first-order valence-corrected chi connectivity index (χ1v) is 7.22. The topological polar surface area (TPSA) is 26.0 Å². The number of thioether (sulfide) groups is 2. The number of fused-ring (bicyclic) bond motifs is 3. The minimum absolute atomic E-state index is 0.968. The SMILES string of the molecule is CSc1noc2c1SCc1ccsc1-2. The van der Waals surface area contributed by atoms with Gasteiger partial charge in [-0.3, -0.25) is 0 Å². The summed E-state index contributed by atoms with van der Waals surface area (Å²) in [4.78, 5) is 2.47. The third kappa shape index (κ3) is 1.16. The summed E-state index contributed by atoms with van der Waals surface area (Å²) in [5.74, 6) is 2.01. The molecule has 5 heteroatoms. The molecule has 3 rings (SSSR count). The number of aromatic nitrogens is 1. The number of nitrogens with zero attached hydrogens (tertiary/aromatic N) is 1. The fourth-order valence-electron chi connectivity index (χ4n) is 1.47. The van der Waals surface area contributed by atoms with Crippen molar-refractivity contribution in [2.75, 3.05) is 6.26 Å². The molecular weight excluding hydrogens is 234 g/mol. The van der Waals surface area contributed by atoms with Crippen LogP contribution in [0.3, 0.4) is 0 Å². The Morgan fingerprint density at radius 1 is 1.57 bits per heavy atom. The van der Waals surface area contributed by atoms with Crippen LogP contribution < -0.4 is 0 Å². The molecule has 2 aromatic rings. The van der Waals surface area contributed by atoms with Crippen LogP contribution in [0.25, 0.3) is 10.6 Å². The van der Waals surface area contributed by atoms with Crippen LogP contribution >= 0.6 is 34.9 Å². The Labute approximate surface area is 94.1 Å². The number of thiophene rings is 1. The van der Waals surface area contributed by atoms with Crippen molar-refractivity contribution in [3.8, 4) is 10.6 Å². The lowest BCUT2D eigenvalue weighted by Gasteiger charge is -2.08. The van der Waals surface area contributed by atoms with Crippen molar-refractivity contribution in [2.45, 2.75) is 15.7 Å². The van der Waals surface area contributed by atoms with E-state index in [2.05, 4.69) is 16.6 Å². The van der Waals surface area contributed by atoms with Crippen molar-refractivity contribution in [3.63, 3.8) is 0 Å².